The van der Waals surface area contributed by atoms with Crippen LogP contribution < -0.4 is 15.5 Å². The van der Waals surface area contributed by atoms with Crippen LogP contribution in [0.1, 0.15) is 52.8 Å². The van der Waals surface area contributed by atoms with Crippen molar-refractivity contribution < 1.29 is 19.2 Å². The molecule has 2 unspecified atom stereocenters. The van der Waals surface area contributed by atoms with Crippen molar-refractivity contribution in [2.75, 3.05) is 31.1 Å². The average Bonchev–Trinajstić information content (AvgIpc) is 3.37. The monoisotopic (exact) mass is 410 g/mol. The number of hydrogen-bond acceptors (Lipinski definition) is 6. The molecule has 8 heteroatoms. The van der Waals surface area contributed by atoms with Crippen molar-refractivity contribution in [1.82, 2.24) is 15.5 Å². The van der Waals surface area contributed by atoms with Gasteiger partial charge in [-0.3, -0.25) is 29.4 Å². The lowest BCUT2D eigenvalue weighted by Gasteiger charge is -2.36. The topological polar surface area (TPSA) is 98.8 Å². The zero-order valence-corrected chi connectivity index (χ0v) is 16.9. The predicted molar refractivity (Wildman–Crippen MR) is 109 cm³/mol. The van der Waals surface area contributed by atoms with Gasteiger partial charge in [-0.2, -0.15) is 0 Å². The van der Waals surface area contributed by atoms with Crippen molar-refractivity contribution in [3.8, 4) is 0 Å². The maximum atomic E-state index is 13.0. The van der Waals surface area contributed by atoms with Crippen LogP contribution in [0.5, 0.6) is 0 Å². The van der Waals surface area contributed by atoms with E-state index in [9.17, 15) is 19.2 Å². The van der Waals surface area contributed by atoms with Gasteiger partial charge in [0, 0.05) is 25.2 Å². The standard InChI is InChI=1S/C22H26N4O4/c27-19-4-3-18(20(28)24-19)26-21(29)16-2-1-15(11-17(16)22(26)30)25-9-6-13(7-10-25)14-5-8-23-12-14/h1-2,11,13-14,18,23H,3-10,12H2,(H,24,27,28). The highest BCUT2D eigenvalue weighted by Gasteiger charge is 2.44. The van der Waals surface area contributed by atoms with Gasteiger partial charge in [0.15, 0.2) is 0 Å². The number of fused-ring (bicyclic) bond motifs is 1. The number of rotatable bonds is 3. The minimum absolute atomic E-state index is 0.126. The van der Waals surface area contributed by atoms with E-state index in [1.54, 1.807) is 12.1 Å². The number of piperidine rings is 2. The summed E-state index contributed by atoms with van der Waals surface area (Å²) < 4.78 is 0. The molecule has 158 valence electrons. The van der Waals surface area contributed by atoms with Gasteiger partial charge >= 0.3 is 0 Å². The summed E-state index contributed by atoms with van der Waals surface area (Å²) in [6.07, 6.45) is 3.83. The molecule has 2 atom stereocenters. The molecule has 3 saturated heterocycles. The van der Waals surface area contributed by atoms with Crippen LogP contribution in [0.4, 0.5) is 5.69 Å². The molecule has 0 spiro atoms. The Morgan fingerprint density at radius 2 is 1.63 bits per heavy atom. The first kappa shape index (κ1) is 19.2. The lowest BCUT2D eigenvalue weighted by molar-refractivity contribution is -0.136. The van der Waals surface area contributed by atoms with Gasteiger partial charge in [0.05, 0.1) is 11.1 Å². The maximum Gasteiger partial charge on any atom is 0.262 e. The predicted octanol–water partition coefficient (Wildman–Crippen LogP) is 0.914. The highest BCUT2D eigenvalue weighted by Crippen LogP contribution is 2.34. The minimum Gasteiger partial charge on any atom is -0.371 e. The lowest BCUT2D eigenvalue weighted by Crippen LogP contribution is -2.54. The zero-order valence-electron chi connectivity index (χ0n) is 16.9. The van der Waals surface area contributed by atoms with Gasteiger partial charge in [0.2, 0.25) is 11.8 Å². The van der Waals surface area contributed by atoms with Gasteiger partial charge in [-0.15, -0.1) is 0 Å². The van der Waals surface area contributed by atoms with E-state index >= 15 is 0 Å². The molecule has 3 fully saturated rings. The summed E-state index contributed by atoms with van der Waals surface area (Å²) in [4.78, 5) is 52.8. The molecule has 4 heterocycles. The third kappa shape index (κ3) is 3.19. The van der Waals surface area contributed by atoms with Crippen molar-refractivity contribution >= 4 is 29.3 Å². The summed E-state index contributed by atoms with van der Waals surface area (Å²) in [5.74, 6) is -0.330. The number of amides is 4. The molecule has 2 N–H and O–H groups in total. The van der Waals surface area contributed by atoms with Gasteiger partial charge in [-0.05, 0) is 68.8 Å². The molecule has 0 saturated carbocycles. The van der Waals surface area contributed by atoms with Crippen molar-refractivity contribution in [1.29, 1.82) is 0 Å². The van der Waals surface area contributed by atoms with E-state index in [0.717, 1.165) is 61.4 Å². The van der Waals surface area contributed by atoms with Gasteiger partial charge in [0.25, 0.3) is 11.8 Å². The average molecular weight is 410 g/mol. The van der Waals surface area contributed by atoms with Crippen LogP contribution >= 0.6 is 0 Å². The lowest BCUT2D eigenvalue weighted by atomic mass is 9.83. The molecule has 8 nitrogen and oxygen atoms in total. The van der Waals surface area contributed by atoms with E-state index in [1.165, 1.54) is 6.42 Å². The number of nitrogens with zero attached hydrogens (tertiary/aromatic N) is 2. The molecule has 0 radical (unpaired) electrons. The molecule has 4 aliphatic heterocycles. The summed E-state index contributed by atoms with van der Waals surface area (Å²) in [5, 5.41) is 5.68. The van der Waals surface area contributed by atoms with Gasteiger partial charge < -0.3 is 10.2 Å². The van der Waals surface area contributed by atoms with Crippen LogP contribution in [-0.2, 0) is 9.59 Å². The molecule has 30 heavy (non-hydrogen) atoms. The Bertz CT molecular complexity index is 916. The maximum absolute atomic E-state index is 13.0. The van der Waals surface area contributed by atoms with E-state index in [1.807, 2.05) is 6.07 Å². The van der Waals surface area contributed by atoms with Crippen LogP contribution in [0.25, 0.3) is 0 Å². The van der Waals surface area contributed by atoms with E-state index in [2.05, 4.69) is 15.5 Å². The number of anilines is 1. The first-order chi connectivity index (χ1) is 14.5. The summed E-state index contributed by atoms with van der Waals surface area (Å²) >= 11 is 0. The SMILES string of the molecule is O=C1CCC(N2C(=O)c3ccc(N4CCC(C5CCNC5)CC4)cc3C2=O)C(=O)N1. The third-order valence-corrected chi connectivity index (χ3v) is 7.09. The fraction of sp³-hybridized carbons (Fsp3) is 0.545. The van der Waals surface area contributed by atoms with Crippen LogP contribution in [0, 0.1) is 11.8 Å². The summed E-state index contributed by atoms with van der Waals surface area (Å²) in [6, 6.07) is 4.47. The Balaban J connectivity index is 1.31. The zero-order chi connectivity index (χ0) is 20.8. The molecule has 4 aliphatic rings. The number of carbonyl (C=O) groups excluding carboxylic acids is 4. The molecule has 5 rings (SSSR count). The first-order valence-corrected chi connectivity index (χ1v) is 10.8. The second kappa shape index (κ2) is 7.50. The Hall–Kier alpha value is -2.74. The minimum atomic E-state index is -0.922. The van der Waals surface area contributed by atoms with Crippen LogP contribution in [0.2, 0.25) is 0 Å². The third-order valence-electron chi connectivity index (χ3n) is 7.09. The number of nitrogens with one attached hydrogen (secondary N) is 2. The van der Waals surface area contributed by atoms with Crippen molar-refractivity contribution in [2.45, 2.75) is 38.1 Å². The van der Waals surface area contributed by atoms with Gasteiger partial charge in [-0.1, -0.05) is 0 Å². The molecule has 1 aromatic rings. The van der Waals surface area contributed by atoms with Crippen LogP contribution in [0.15, 0.2) is 18.2 Å². The molecule has 0 bridgehead atoms. The van der Waals surface area contributed by atoms with Crippen molar-refractivity contribution in [2.24, 2.45) is 11.8 Å². The van der Waals surface area contributed by atoms with E-state index in [4.69, 9.17) is 0 Å². The van der Waals surface area contributed by atoms with Gasteiger partial charge in [0.1, 0.15) is 6.04 Å². The highest BCUT2D eigenvalue weighted by molar-refractivity contribution is 6.23. The molecule has 4 amide bonds. The first-order valence-electron chi connectivity index (χ1n) is 10.8. The fourth-order valence-corrected chi connectivity index (χ4v) is 5.36. The number of imide groups is 2. The Morgan fingerprint density at radius 3 is 2.33 bits per heavy atom. The summed E-state index contributed by atoms with van der Waals surface area (Å²) in [6.45, 7) is 4.13. The molecular formula is C22H26N4O4. The summed E-state index contributed by atoms with van der Waals surface area (Å²) in [7, 11) is 0. The van der Waals surface area contributed by atoms with E-state index in [-0.39, 0.29) is 18.7 Å². The van der Waals surface area contributed by atoms with E-state index in [0.29, 0.717) is 11.1 Å². The normalized spacial score (nSPS) is 27.6. The van der Waals surface area contributed by atoms with Crippen molar-refractivity contribution in [3.05, 3.63) is 29.3 Å². The number of hydrogen-bond donors (Lipinski definition) is 2. The second-order valence-electron chi connectivity index (χ2n) is 8.75. The largest absolute Gasteiger partial charge is 0.371 e. The van der Waals surface area contributed by atoms with E-state index < -0.39 is 23.8 Å². The van der Waals surface area contributed by atoms with Gasteiger partial charge in [-0.25, -0.2) is 0 Å². The second-order valence-corrected chi connectivity index (χ2v) is 8.75. The number of carbonyl (C=O) groups is 4. The van der Waals surface area contributed by atoms with Crippen molar-refractivity contribution in [3.63, 3.8) is 0 Å². The molecule has 0 aromatic heterocycles. The Kier molecular flexibility index (Phi) is 4.81. The Morgan fingerprint density at radius 1 is 0.867 bits per heavy atom. The Labute approximate surface area is 175 Å². The van der Waals surface area contributed by atoms with Crippen LogP contribution in [-0.4, -0.2) is 60.7 Å². The molecule has 1 aromatic carbocycles. The smallest absolute Gasteiger partial charge is 0.262 e. The molecular weight excluding hydrogens is 384 g/mol. The fourth-order valence-electron chi connectivity index (χ4n) is 5.36. The molecule has 0 aliphatic carbocycles. The van der Waals surface area contributed by atoms with Crippen LogP contribution in [0.3, 0.4) is 0 Å². The number of benzene rings is 1. The quantitative estimate of drug-likeness (QED) is 0.719. The summed E-state index contributed by atoms with van der Waals surface area (Å²) in [5.41, 5.74) is 1.63. The highest BCUT2D eigenvalue weighted by atomic mass is 16.2.